The van der Waals surface area contributed by atoms with Gasteiger partial charge in [0.05, 0.1) is 17.0 Å². The summed E-state index contributed by atoms with van der Waals surface area (Å²) in [6.45, 7) is 1.96. The molecule has 0 saturated carbocycles. The molecule has 1 aliphatic carbocycles. The van der Waals surface area contributed by atoms with Crippen molar-refractivity contribution in [3.05, 3.63) is 53.8 Å². The summed E-state index contributed by atoms with van der Waals surface area (Å²) in [5.41, 5.74) is 1.95. The highest BCUT2D eigenvalue weighted by molar-refractivity contribution is 6.23. The lowest BCUT2D eigenvalue weighted by atomic mass is 9.91. The Morgan fingerprint density at radius 1 is 1.14 bits per heavy atom. The standard InChI is InChI=1S/C19H19NO2/c1-2-15(19-17(21)11-6-12-18(19)22)20-16-10-5-8-13-7-3-4-9-14(13)16/h3-5,7-10,21H,2,6,11-12H2,1H3. The fraction of sp³-hybridized carbons (Fsp3) is 0.263. The molecule has 3 nitrogen and oxygen atoms in total. The van der Waals surface area contributed by atoms with Crippen molar-refractivity contribution < 1.29 is 9.90 Å². The van der Waals surface area contributed by atoms with Crippen LogP contribution < -0.4 is 0 Å². The average molecular weight is 293 g/mol. The maximum absolute atomic E-state index is 12.2. The van der Waals surface area contributed by atoms with Crippen molar-refractivity contribution in [1.29, 1.82) is 0 Å². The Morgan fingerprint density at radius 2 is 1.91 bits per heavy atom. The molecule has 0 amide bonds. The van der Waals surface area contributed by atoms with Gasteiger partial charge in [0, 0.05) is 18.2 Å². The summed E-state index contributed by atoms with van der Waals surface area (Å²) < 4.78 is 0. The van der Waals surface area contributed by atoms with Crippen LogP contribution in [-0.4, -0.2) is 16.6 Å². The predicted octanol–water partition coefficient (Wildman–Crippen LogP) is 4.89. The number of hydrogen-bond acceptors (Lipinski definition) is 3. The topological polar surface area (TPSA) is 49.7 Å². The lowest BCUT2D eigenvalue weighted by molar-refractivity contribution is -0.115. The van der Waals surface area contributed by atoms with E-state index in [1.807, 2.05) is 49.4 Å². The largest absolute Gasteiger partial charge is 0.511 e. The van der Waals surface area contributed by atoms with Crippen molar-refractivity contribution in [2.45, 2.75) is 32.6 Å². The number of aliphatic hydroxyl groups excluding tert-OH is 1. The van der Waals surface area contributed by atoms with Crippen LogP contribution in [0.5, 0.6) is 0 Å². The number of rotatable bonds is 3. The molecule has 2 aromatic rings. The van der Waals surface area contributed by atoms with Crippen molar-refractivity contribution in [3.63, 3.8) is 0 Å². The van der Waals surface area contributed by atoms with Crippen LogP contribution in [0, 0.1) is 0 Å². The van der Waals surface area contributed by atoms with Crippen molar-refractivity contribution >= 4 is 28.0 Å². The second-order valence-corrected chi connectivity index (χ2v) is 5.51. The minimum absolute atomic E-state index is 0.00425. The van der Waals surface area contributed by atoms with Gasteiger partial charge in [-0.25, -0.2) is 0 Å². The normalized spacial score (nSPS) is 16.4. The Bertz CT molecular complexity index is 782. The quantitative estimate of drug-likeness (QED) is 0.819. The zero-order valence-corrected chi connectivity index (χ0v) is 12.7. The van der Waals surface area contributed by atoms with Gasteiger partial charge in [-0.1, -0.05) is 43.3 Å². The van der Waals surface area contributed by atoms with E-state index in [0.29, 0.717) is 30.5 Å². The summed E-state index contributed by atoms with van der Waals surface area (Å²) in [4.78, 5) is 16.9. The number of ketones is 1. The third kappa shape index (κ3) is 2.67. The minimum Gasteiger partial charge on any atom is -0.511 e. The first-order valence-corrected chi connectivity index (χ1v) is 7.71. The first kappa shape index (κ1) is 14.5. The van der Waals surface area contributed by atoms with Crippen LogP contribution in [0.1, 0.15) is 32.6 Å². The molecule has 112 valence electrons. The van der Waals surface area contributed by atoms with Crippen LogP contribution in [0.2, 0.25) is 0 Å². The van der Waals surface area contributed by atoms with Gasteiger partial charge < -0.3 is 5.11 Å². The van der Waals surface area contributed by atoms with Gasteiger partial charge in [-0.05, 0) is 24.3 Å². The van der Waals surface area contributed by atoms with Crippen molar-refractivity contribution in [2.24, 2.45) is 4.99 Å². The molecule has 1 N–H and O–H groups in total. The minimum atomic E-state index is 0.00425. The highest BCUT2D eigenvalue weighted by atomic mass is 16.3. The molecule has 0 saturated heterocycles. The molecule has 0 spiro atoms. The van der Waals surface area contributed by atoms with Crippen molar-refractivity contribution in [2.75, 3.05) is 0 Å². The predicted molar refractivity (Wildman–Crippen MR) is 89.8 cm³/mol. The van der Waals surface area contributed by atoms with Gasteiger partial charge >= 0.3 is 0 Å². The molecule has 0 heterocycles. The first-order chi connectivity index (χ1) is 10.7. The SMILES string of the molecule is CCC(=Nc1cccc2ccccc12)C1=C(O)CCCC1=O. The van der Waals surface area contributed by atoms with Crippen molar-refractivity contribution in [3.8, 4) is 0 Å². The van der Waals surface area contributed by atoms with E-state index >= 15 is 0 Å². The summed E-state index contributed by atoms with van der Waals surface area (Å²) >= 11 is 0. The number of benzene rings is 2. The summed E-state index contributed by atoms with van der Waals surface area (Å²) in [5.74, 6) is 0.196. The lowest BCUT2D eigenvalue weighted by Gasteiger charge is -2.16. The van der Waals surface area contributed by atoms with E-state index in [0.717, 1.165) is 22.9 Å². The summed E-state index contributed by atoms with van der Waals surface area (Å²) in [6, 6.07) is 14.0. The first-order valence-electron chi connectivity index (χ1n) is 7.71. The number of aliphatic imine (C=N–C) groups is 1. The van der Waals surface area contributed by atoms with Gasteiger partial charge in [0.25, 0.3) is 0 Å². The fourth-order valence-corrected chi connectivity index (χ4v) is 2.92. The Balaban J connectivity index is 2.13. The van der Waals surface area contributed by atoms with Crippen LogP contribution in [-0.2, 0) is 4.79 Å². The molecule has 0 unspecified atom stereocenters. The molecule has 3 heteroatoms. The van der Waals surface area contributed by atoms with Crippen molar-refractivity contribution in [1.82, 2.24) is 0 Å². The summed E-state index contributed by atoms with van der Waals surface area (Å²) in [7, 11) is 0. The van der Waals surface area contributed by atoms with E-state index in [1.165, 1.54) is 0 Å². The number of hydrogen-bond donors (Lipinski definition) is 1. The molecular formula is C19H19NO2. The van der Waals surface area contributed by atoms with Gasteiger partial charge in [-0.15, -0.1) is 0 Å². The second-order valence-electron chi connectivity index (χ2n) is 5.51. The number of Topliss-reactive ketones (excluding diaryl/α,β-unsaturated/α-hetero) is 1. The van der Waals surface area contributed by atoms with E-state index in [-0.39, 0.29) is 11.5 Å². The molecule has 22 heavy (non-hydrogen) atoms. The highest BCUT2D eigenvalue weighted by Gasteiger charge is 2.23. The zero-order chi connectivity index (χ0) is 15.5. The van der Waals surface area contributed by atoms with Crippen LogP contribution in [0.4, 0.5) is 5.69 Å². The van der Waals surface area contributed by atoms with Crippen LogP contribution in [0.3, 0.4) is 0 Å². The number of aliphatic hydroxyl groups is 1. The molecular weight excluding hydrogens is 274 g/mol. The molecule has 1 aliphatic rings. The molecule has 0 atom stereocenters. The second kappa shape index (κ2) is 6.14. The van der Waals surface area contributed by atoms with Gasteiger partial charge in [-0.2, -0.15) is 0 Å². The smallest absolute Gasteiger partial charge is 0.168 e. The van der Waals surface area contributed by atoms with Crippen LogP contribution >= 0.6 is 0 Å². The molecule has 3 rings (SSSR count). The maximum atomic E-state index is 12.2. The molecule has 0 bridgehead atoms. The third-order valence-corrected chi connectivity index (χ3v) is 4.03. The number of carbonyl (C=O) groups excluding carboxylic acids is 1. The Hall–Kier alpha value is -2.42. The highest BCUT2D eigenvalue weighted by Crippen LogP contribution is 2.29. The van der Waals surface area contributed by atoms with Gasteiger partial charge in [0.15, 0.2) is 5.78 Å². The van der Waals surface area contributed by atoms with E-state index < -0.39 is 0 Å². The number of fused-ring (bicyclic) bond motifs is 1. The number of allylic oxidation sites excluding steroid dienone is 2. The summed E-state index contributed by atoms with van der Waals surface area (Å²) in [6.07, 6.45) is 2.40. The molecule has 2 aromatic carbocycles. The van der Waals surface area contributed by atoms with Crippen LogP contribution in [0.15, 0.2) is 58.8 Å². The average Bonchev–Trinajstić information content (AvgIpc) is 2.54. The molecule has 0 aromatic heterocycles. The molecule has 0 radical (unpaired) electrons. The number of nitrogens with zero attached hydrogens (tertiary/aromatic N) is 1. The number of carbonyl (C=O) groups is 1. The van der Waals surface area contributed by atoms with Gasteiger partial charge in [0.1, 0.15) is 5.76 Å². The van der Waals surface area contributed by atoms with E-state index in [2.05, 4.69) is 0 Å². The van der Waals surface area contributed by atoms with E-state index in [9.17, 15) is 9.90 Å². The molecule has 0 fully saturated rings. The van der Waals surface area contributed by atoms with Gasteiger partial charge in [0.2, 0.25) is 0 Å². The monoisotopic (exact) mass is 293 g/mol. The summed E-state index contributed by atoms with van der Waals surface area (Å²) in [5, 5.41) is 12.3. The van der Waals surface area contributed by atoms with E-state index in [1.54, 1.807) is 0 Å². The Kier molecular flexibility index (Phi) is 4.05. The zero-order valence-electron chi connectivity index (χ0n) is 12.7. The maximum Gasteiger partial charge on any atom is 0.168 e. The van der Waals surface area contributed by atoms with Crippen LogP contribution in [0.25, 0.3) is 10.8 Å². The lowest BCUT2D eigenvalue weighted by Crippen LogP contribution is -2.19. The van der Waals surface area contributed by atoms with E-state index in [4.69, 9.17) is 4.99 Å². The van der Waals surface area contributed by atoms with Gasteiger partial charge in [-0.3, -0.25) is 9.79 Å². The Morgan fingerprint density at radius 3 is 2.68 bits per heavy atom. The molecule has 0 aliphatic heterocycles. The fourth-order valence-electron chi connectivity index (χ4n) is 2.92. The third-order valence-electron chi connectivity index (χ3n) is 4.03. The Labute approximate surface area is 130 Å².